The Balaban J connectivity index is 1.38. The number of hydrogen-bond donors (Lipinski definition) is 2. The highest BCUT2D eigenvalue weighted by Crippen LogP contribution is 2.40. The summed E-state index contributed by atoms with van der Waals surface area (Å²) < 4.78 is 20.0. The number of H-pyrrole nitrogens is 1. The number of amides is 1. The lowest BCUT2D eigenvalue weighted by Gasteiger charge is -2.12. The summed E-state index contributed by atoms with van der Waals surface area (Å²) in [6, 6.07) is 5.66. The molecule has 186 valence electrons. The fourth-order valence-electron chi connectivity index (χ4n) is 4.07. The van der Waals surface area contributed by atoms with E-state index in [9.17, 15) is 18.8 Å². The number of carbonyl (C=O) groups is 2. The fourth-order valence-corrected chi connectivity index (χ4v) is 6.14. The summed E-state index contributed by atoms with van der Waals surface area (Å²) in [7, 11) is 0. The lowest BCUT2D eigenvalue weighted by molar-refractivity contribution is -0.115. The van der Waals surface area contributed by atoms with E-state index in [0.29, 0.717) is 21.9 Å². The number of rotatable bonds is 7. The van der Waals surface area contributed by atoms with Crippen molar-refractivity contribution in [3.05, 3.63) is 62.6 Å². The molecular weight excluding hydrogens is 505 g/mol. The Hall–Kier alpha value is -3.51. The molecule has 1 aliphatic rings. The van der Waals surface area contributed by atoms with E-state index in [1.54, 1.807) is 13.8 Å². The van der Waals surface area contributed by atoms with Crippen molar-refractivity contribution in [3.63, 3.8) is 0 Å². The average Bonchev–Trinajstić information content (AvgIpc) is 3.54. The first-order valence-electron chi connectivity index (χ1n) is 11.4. The number of thiophene rings is 1. The van der Waals surface area contributed by atoms with Crippen LogP contribution < -0.4 is 10.9 Å². The molecule has 0 spiro atoms. The van der Waals surface area contributed by atoms with Gasteiger partial charge in [0.05, 0.1) is 29.3 Å². The van der Waals surface area contributed by atoms with Crippen molar-refractivity contribution < 1.29 is 18.7 Å². The second-order valence-corrected chi connectivity index (χ2v) is 10.6. The summed E-state index contributed by atoms with van der Waals surface area (Å²) in [5, 5.41) is 7.44. The molecular formula is C24H22FN5O4S2. The molecule has 1 atom stereocenters. The van der Waals surface area contributed by atoms with Gasteiger partial charge in [0.25, 0.3) is 5.56 Å². The number of esters is 1. The summed E-state index contributed by atoms with van der Waals surface area (Å²) in [5.41, 5.74) is 1.83. The minimum atomic E-state index is -0.639. The Morgan fingerprint density at radius 2 is 2.08 bits per heavy atom. The zero-order valence-corrected chi connectivity index (χ0v) is 21.1. The van der Waals surface area contributed by atoms with Crippen LogP contribution in [-0.4, -0.2) is 43.5 Å². The maximum atomic E-state index is 13.3. The minimum Gasteiger partial charge on any atom is -0.462 e. The fraction of sp³-hybridized carbons (Fsp3) is 0.292. The topological polar surface area (TPSA) is 119 Å². The third-order valence-electron chi connectivity index (χ3n) is 5.78. The van der Waals surface area contributed by atoms with Gasteiger partial charge in [-0.2, -0.15) is 5.10 Å². The standard InChI is InChI=1S/C24H22FN5O4S2/c1-3-34-23(33)18-15-5-4-6-17(15)36-22(18)28-20(31)12(2)35-24-27-19-16(21(32)29-24)11-26-30(19)14-9-7-13(25)8-10-14/h7-12H,3-6H2,1-2H3,(H,28,31)(H,27,29,32). The molecule has 0 saturated heterocycles. The molecule has 0 saturated carbocycles. The molecule has 1 aliphatic carbocycles. The zero-order valence-electron chi connectivity index (χ0n) is 19.5. The Labute approximate surface area is 213 Å². The molecule has 36 heavy (non-hydrogen) atoms. The smallest absolute Gasteiger partial charge is 0.341 e. The molecule has 3 aromatic heterocycles. The molecule has 0 fully saturated rings. The summed E-state index contributed by atoms with van der Waals surface area (Å²) >= 11 is 2.48. The van der Waals surface area contributed by atoms with Crippen LogP contribution in [0.15, 0.2) is 40.4 Å². The van der Waals surface area contributed by atoms with E-state index < -0.39 is 16.8 Å². The number of benzene rings is 1. The molecule has 2 N–H and O–H groups in total. The lowest BCUT2D eigenvalue weighted by Crippen LogP contribution is -2.24. The van der Waals surface area contributed by atoms with E-state index in [0.717, 1.165) is 41.5 Å². The first-order chi connectivity index (χ1) is 17.4. The predicted molar refractivity (Wildman–Crippen MR) is 136 cm³/mol. The number of carbonyl (C=O) groups excluding carboxylic acids is 2. The summed E-state index contributed by atoms with van der Waals surface area (Å²) in [5.74, 6) is -1.16. The van der Waals surface area contributed by atoms with Crippen molar-refractivity contribution in [2.24, 2.45) is 0 Å². The number of anilines is 1. The number of ether oxygens (including phenoxy) is 1. The highest BCUT2D eigenvalue weighted by molar-refractivity contribution is 8.00. The Morgan fingerprint density at radius 1 is 1.31 bits per heavy atom. The molecule has 1 unspecified atom stereocenters. The van der Waals surface area contributed by atoms with Crippen molar-refractivity contribution in [2.75, 3.05) is 11.9 Å². The number of thioether (sulfide) groups is 1. The van der Waals surface area contributed by atoms with Crippen molar-refractivity contribution in [1.82, 2.24) is 19.7 Å². The van der Waals surface area contributed by atoms with Crippen LogP contribution >= 0.6 is 23.1 Å². The van der Waals surface area contributed by atoms with E-state index in [2.05, 4.69) is 20.4 Å². The van der Waals surface area contributed by atoms with Crippen LogP contribution in [0.3, 0.4) is 0 Å². The molecule has 0 bridgehead atoms. The highest BCUT2D eigenvalue weighted by Gasteiger charge is 2.29. The van der Waals surface area contributed by atoms with Crippen LogP contribution in [0.1, 0.15) is 41.1 Å². The van der Waals surface area contributed by atoms with Crippen molar-refractivity contribution in [2.45, 2.75) is 43.5 Å². The van der Waals surface area contributed by atoms with Crippen molar-refractivity contribution >= 4 is 51.0 Å². The number of halogens is 1. The maximum absolute atomic E-state index is 13.3. The van der Waals surface area contributed by atoms with Gasteiger partial charge in [0.1, 0.15) is 16.2 Å². The number of nitrogens with zero attached hydrogens (tertiary/aromatic N) is 3. The monoisotopic (exact) mass is 527 g/mol. The summed E-state index contributed by atoms with van der Waals surface area (Å²) in [6.07, 6.45) is 4.03. The zero-order chi connectivity index (χ0) is 25.4. The maximum Gasteiger partial charge on any atom is 0.341 e. The molecule has 0 aliphatic heterocycles. The first kappa shape index (κ1) is 24.2. The Kier molecular flexibility index (Phi) is 6.63. The quantitative estimate of drug-likeness (QED) is 0.211. The molecule has 4 aromatic rings. The van der Waals surface area contributed by atoms with Gasteiger partial charge in [0, 0.05) is 4.88 Å². The average molecular weight is 528 g/mol. The molecule has 1 aromatic carbocycles. The summed E-state index contributed by atoms with van der Waals surface area (Å²) in [4.78, 5) is 46.5. The van der Waals surface area contributed by atoms with Crippen LogP contribution in [0.2, 0.25) is 0 Å². The van der Waals surface area contributed by atoms with Gasteiger partial charge < -0.3 is 15.0 Å². The van der Waals surface area contributed by atoms with E-state index in [1.807, 2.05) is 0 Å². The van der Waals surface area contributed by atoms with Crippen LogP contribution in [0, 0.1) is 5.82 Å². The van der Waals surface area contributed by atoms with E-state index in [-0.39, 0.29) is 28.9 Å². The number of fused-ring (bicyclic) bond motifs is 2. The van der Waals surface area contributed by atoms with E-state index in [1.165, 1.54) is 46.5 Å². The molecule has 9 nitrogen and oxygen atoms in total. The molecule has 0 radical (unpaired) electrons. The van der Waals surface area contributed by atoms with Gasteiger partial charge in [-0.3, -0.25) is 9.59 Å². The second-order valence-electron chi connectivity index (χ2n) is 8.17. The number of hydrogen-bond acceptors (Lipinski definition) is 8. The van der Waals surface area contributed by atoms with Gasteiger partial charge in [-0.05, 0) is 62.9 Å². The largest absolute Gasteiger partial charge is 0.462 e. The number of aryl methyl sites for hydroxylation is 1. The summed E-state index contributed by atoms with van der Waals surface area (Å²) in [6.45, 7) is 3.68. The normalized spacial score (nSPS) is 13.5. The van der Waals surface area contributed by atoms with Gasteiger partial charge in [-0.25, -0.2) is 18.9 Å². The van der Waals surface area contributed by atoms with Crippen molar-refractivity contribution in [3.8, 4) is 5.69 Å². The number of nitrogens with one attached hydrogen (secondary N) is 2. The predicted octanol–water partition coefficient (Wildman–Crippen LogP) is 4.09. The molecule has 1 amide bonds. The number of aromatic amines is 1. The molecule has 12 heteroatoms. The van der Waals surface area contributed by atoms with Gasteiger partial charge >= 0.3 is 5.97 Å². The lowest BCUT2D eigenvalue weighted by atomic mass is 10.1. The van der Waals surface area contributed by atoms with E-state index >= 15 is 0 Å². The third-order valence-corrected chi connectivity index (χ3v) is 7.97. The molecule has 5 rings (SSSR count). The first-order valence-corrected chi connectivity index (χ1v) is 13.1. The van der Waals surface area contributed by atoms with Crippen LogP contribution in [0.4, 0.5) is 9.39 Å². The third kappa shape index (κ3) is 4.53. The highest BCUT2D eigenvalue weighted by atomic mass is 32.2. The van der Waals surface area contributed by atoms with Crippen LogP contribution in [-0.2, 0) is 22.4 Å². The van der Waals surface area contributed by atoms with Gasteiger partial charge in [0.2, 0.25) is 5.91 Å². The van der Waals surface area contributed by atoms with Gasteiger partial charge in [-0.1, -0.05) is 11.8 Å². The van der Waals surface area contributed by atoms with Gasteiger partial charge in [-0.15, -0.1) is 11.3 Å². The minimum absolute atomic E-state index is 0.235. The van der Waals surface area contributed by atoms with Crippen LogP contribution in [0.5, 0.6) is 0 Å². The molecule has 3 heterocycles. The van der Waals surface area contributed by atoms with E-state index in [4.69, 9.17) is 4.74 Å². The Morgan fingerprint density at radius 3 is 2.83 bits per heavy atom. The number of aromatic nitrogens is 4. The second kappa shape index (κ2) is 9.86. The Bertz CT molecular complexity index is 1530. The van der Waals surface area contributed by atoms with Crippen LogP contribution in [0.25, 0.3) is 16.7 Å². The van der Waals surface area contributed by atoms with Crippen molar-refractivity contribution in [1.29, 1.82) is 0 Å². The SMILES string of the molecule is CCOC(=O)c1c(NC(=O)C(C)Sc2nc3c(cnn3-c3ccc(F)cc3)c(=O)[nH]2)sc2c1CCC2. The van der Waals surface area contributed by atoms with Gasteiger partial charge in [0.15, 0.2) is 10.8 Å².